The van der Waals surface area contributed by atoms with Crippen LogP contribution in [-0.4, -0.2) is 28.8 Å². The van der Waals surface area contributed by atoms with Gasteiger partial charge in [-0.25, -0.2) is 4.98 Å². The second kappa shape index (κ2) is 5.79. The first kappa shape index (κ1) is 14.1. The molecule has 1 atom stereocenters. The van der Waals surface area contributed by atoms with Gasteiger partial charge in [-0.3, -0.25) is 9.59 Å². The molecule has 1 unspecified atom stereocenters. The first-order valence-corrected chi connectivity index (χ1v) is 6.95. The number of aromatic nitrogens is 2. The van der Waals surface area contributed by atoms with E-state index in [1.54, 1.807) is 13.1 Å². The molecule has 1 aromatic heterocycles. The van der Waals surface area contributed by atoms with Gasteiger partial charge in [-0.05, 0) is 54.8 Å². The molecular weight excluding hydrogens is 357 g/mol. The number of nitrogens with one attached hydrogen (secondary N) is 2. The van der Waals surface area contributed by atoms with E-state index in [0.29, 0.717) is 23.1 Å². The number of halogens is 1. The molecular formula is C13H14IN3O2. The summed E-state index contributed by atoms with van der Waals surface area (Å²) in [6.07, 6.45) is 0.378. The summed E-state index contributed by atoms with van der Waals surface area (Å²) in [7, 11) is 1.72. The largest absolute Gasteiger partial charge is 0.310 e. The van der Waals surface area contributed by atoms with Gasteiger partial charge in [-0.2, -0.15) is 0 Å². The fraction of sp³-hybridized carbons (Fsp3) is 0.308. The van der Waals surface area contributed by atoms with Gasteiger partial charge < -0.3 is 10.3 Å². The lowest BCUT2D eigenvalue weighted by Crippen LogP contribution is -2.35. The molecule has 1 aromatic carbocycles. The van der Waals surface area contributed by atoms with Crippen LogP contribution >= 0.6 is 22.6 Å². The van der Waals surface area contributed by atoms with Crippen molar-refractivity contribution in [2.24, 2.45) is 0 Å². The SMILES string of the molecule is CNC(Cc1nc2ccc(I)cc2c(=O)[nH]1)C(C)=O. The normalized spacial score (nSPS) is 12.6. The maximum absolute atomic E-state index is 12.0. The molecule has 6 heteroatoms. The summed E-state index contributed by atoms with van der Waals surface area (Å²) in [5.41, 5.74) is 0.481. The molecule has 0 aliphatic heterocycles. The second-order valence-electron chi connectivity index (χ2n) is 4.33. The van der Waals surface area contributed by atoms with Crippen molar-refractivity contribution in [3.8, 4) is 0 Å². The Hall–Kier alpha value is -1.28. The average molecular weight is 371 g/mol. The van der Waals surface area contributed by atoms with Gasteiger partial charge in [0.2, 0.25) is 0 Å². The minimum atomic E-state index is -0.329. The first-order chi connectivity index (χ1) is 9.01. The minimum Gasteiger partial charge on any atom is -0.310 e. The maximum atomic E-state index is 12.0. The third kappa shape index (κ3) is 3.19. The van der Waals surface area contributed by atoms with Crippen molar-refractivity contribution in [3.63, 3.8) is 0 Å². The zero-order valence-corrected chi connectivity index (χ0v) is 12.8. The monoisotopic (exact) mass is 371 g/mol. The molecule has 0 saturated carbocycles. The fourth-order valence-electron chi connectivity index (χ4n) is 1.90. The number of hydrogen-bond donors (Lipinski definition) is 2. The highest BCUT2D eigenvalue weighted by atomic mass is 127. The Morgan fingerprint density at radius 1 is 1.53 bits per heavy atom. The minimum absolute atomic E-state index is 0.0212. The molecule has 5 nitrogen and oxygen atoms in total. The Balaban J connectivity index is 2.44. The molecule has 0 radical (unpaired) electrons. The van der Waals surface area contributed by atoms with E-state index in [4.69, 9.17) is 0 Å². The quantitative estimate of drug-likeness (QED) is 0.794. The molecule has 1 heterocycles. The maximum Gasteiger partial charge on any atom is 0.258 e. The molecule has 0 bridgehead atoms. The first-order valence-electron chi connectivity index (χ1n) is 5.87. The number of carbonyl (C=O) groups excluding carboxylic acids is 1. The number of ketones is 1. The number of carbonyl (C=O) groups is 1. The Morgan fingerprint density at radius 3 is 2.89 bits per heavy atom. The molecule has 2 N–H and O–H groups in total. The zero-order chi connectivity index (χ0) is 14.0. The van der Waals surface area contributed by atoms with Gasteiger partial charge in [-0.1, -0.05) is 0 Å². The highest BCUT2D eigenvalue weighted by Crippen LogP contribution is 2.12. The third-order valence-corrected chi connectivity index (χ3v) is 3.62. The summed E-state index contributed by atoms with van der Waals surface area (Å²) >= 11 is 2.15. The van der Waals surface area contributed by atoms with Crippen LogP contribution in [0.15, 0.2) is 23.0 Å². The molecule has 0 spiro atoms. The Labute approximate surface area is 124 Å². The van der Waals surface area contributed by atoms with Crippen LogP contribution in [0.4, 0.5) is 0 Å². The van der Waals surface area contributed by atoms with E-state index < -0.39 is 0 Å². The van der Waals surface area contributed by atoms with E-state index in [9.17, 15) is 9.59 Å². The molecule has 2 rings (SSSR count). The second-order valence-corrected chi connectivity index (χ2v) is 5.58. The van der Waals surface area contributed by atoms with Gasteiger partial charge in [0.25, 0.3) is 5.56 Å². The van der Waals surface area contributed by atoms with E-state index in [1.165, 1.54) is 6.92 Å². The zero-order valence-electron chi connectivity index (χ0n) is 10.7. The topological polar surface area (TPSA) is 74.8 Å². The lowest BCUT2D eigenvalue weighted by molar-refractivity contribution is -0.118. The van der Waals surface area contributed by atoms with Crippen LogP contribution in [0.5, 0.6) is 0 Å². The molecule has 0 amide bonds. The highest BCUT2D eigenvalue weighted by Gasteiger charge is 2.14. The predicted octanol–water partition coefficient (Wildman–Crippen LogP) is 1.25. The molecule has 0 aliphatic carbocycles. The predicted molar refractivity (Wildman–Crippen MR) is 82.3 cm³/mol. The molecule has 100 valence electrons. The molecule has 0 fully saturated rings. The highest BCUT2D eigenvalue weighted by molar-refractivity contribution is 14.1. The van der Waals surface area contributed by atoms with E-state index in [-0.39, 0.29) is 17.4 Å². The van der Waals surface area contributed by atoms with Crippen molar-refractivity contribution in [1.29, 1.82) is 0 Å². The van der Waals surface area contributed by atoms with Gasteiger partial charge in [0.1, 0.15) is 11.6 Å². The number of nitrogens with zero attached hydrogens (tertiary/aromatic N) is 1. The van der Waals surface area contributed by atoms with Crippen molar-refractivity contribution in [2.75, 3.05) is 7.05 Å². The van der Waals surface area contributed by atoms with Gasteiger partial charge >= 0.3 is 0 Å². The van der Waals surface area contributed by atoms with Crippen molar-refractivity contribution in [2.45, 2.75) is 19.4 Å². The summed E-state index contributed by atoms with van der Waals surface area (Å²) in [4.78, 5) is 30.5. The Kier molecular flexibility index (Phi) is 4.31. The number of rotatable bonds is 4. The van der Waals surface area contributed by atoms with Crippen LogP contribution in [0.1, 0.15) is 12.7 Å². The van der Waals surface area contributed by atoms with Crippen LogP contribution in [0.25, 0.3) is 10.9 Å². The summed E-state index contributed by atoms with van der Waals surface area (Å²) < 4.78 is 0.988. The summed E-state index contributed by atoms with van der Waals surface area (Å²) in [5.74, 6) is 0.543. The van der Waals surface area contributed by atoms with Crippen molar-refractivity contribution in [3.05, 3.63) is 37.9 Å². The number of H-pyrrole nitrogens is 1. The average Bonchev–Trinajstić information content (AvgIpc) is 2.36. The molecule has 2 aromatic rings. The van der Waals surface area contributed by atoms with Crippen LogP contribution in [-0.2, 0) is 11.2 Å². The number of aromatic amines is 1. The van der Waals surface area contributed by atoms with Crippen molar-refractivity contribution in [1.82, 2.24) is 15.3 Å². The van der Waals surface area contributed by atoms with E-state index in [0.717, 1.165) is 3.57 Å². The lowest BCUT2D eigenvalue weighted by atomic mass is 10.1. The number of Topliss-reactive ketones (excluding diaryl/α,β-unsaturated/α-hetero) is 1. The summed E-state index contributed by atoms with van der Waals surface area (Å²) in [6, 6.07) is 5.19. The van der Waals surface area contributed by atoms with Crippen LogP contribution < -0.4 is 10.9 Å². The van der Waals surface area contributed by atoms with Gasteiger partial charge in [0, 0.05) is 9.99 Å². The van der Waals surface area contributed by atoms with E-state index in [1.807, 2.05) is 12.1 Å². The third-order valence-electron chi connectivity index (χ3n) is 2.95. The van der Waals surface area contributed by atoms with Crippen molar-refractivity contribution < 1.29 is 4.79 Å². The summed E-state index contributed by atoms with van der Waals surface area (Å²) in [6.45, 7) is 1.52. The van der Waals surface area contributed by atoms with Gasteiger partial charge in [0.05, 0.1) is 16.9 Å². The van der Waals surface area contributed by atoms with Gasteiger partial charge in [-0.15, -0.1) is 0 Å². The Bertz CT molecular complexity index is 681. The van der Waals surface area contributed by atoms with E-state index in [2.05, 4.69) is 37.9 Å². The fourth-order valence-corrected chi connectivity index (χ4v) is 2.39. The Morgan fingerprint density at radius 2 is 2.26 bits per heavy atom. The number of benzene rings is 1. The molecule has 0 saturated heterocycles. The smallest absolute Gasteiger partial charge is 0.258 e. The number of fused-ring (bicyclic) bond motifs is 1. The number of hydrogen-bond acceptors (Lipinski definition) is 4. The van der Waals surface area contributed by atoms with E-state index >= 15 is 0 Å². The lowest BCUT2D eigenvalue weighted by Gasteiger charge is -2.12. The van der Waals surface area contributed by atoms with Crippen LogP contribution in [0.3, 0.4) is 0 Å². The van der Waals surface area contributed by atoms with Crippen molar-refractivity contribution >= 4 is 39.3 Å². The standard InChI is InChI=1S/C13H14IN3O2/c1-7(18)11(15-2)6-12-16-10-4-3-8(14)5-9(10)13(19)17-12/h3-5,11,15H,6H2,1-2H3,(H,16,17,19). The molecule has 19 heavy (non-hydrogen) atoms. The molecule has 0 aliphatic rings. The van der Waals surface area contributed by atoms with Crippen LogP contribution in [0.2, 0.25) is 0 Å². The van der Waals surface area contributed by atoms with Crippen LogP contribution in [0, 0.1) is 3.57 Å². The number of likely N-dealkylation sites (N-methyl/N-ethyl adjacent to an activating group) is 1. The van der Waals surface area contributed by atoms with Gasteiger partial charge in [0.15, 0.2) is 0 Å². The summed E-state index contributed by atoms with van der Waals surface area (Å²) in [5, 5.41) is 3.48.